The normalized spacial score (nSPS) is 12.1. The smallest absolute Gasteiger partial charge is 0.268 e. The molecule has 0 spiro atoms. The molecule has 1 unspecified atom stereocenters. The predicted octanol–water partition coefficient (Wildman–Crippen LogP) is 1.52. The largest absolute Gasteiger partial charge is 0.371 e. The van der Waals surface area contributed by atoms with Gasteiger partial charge in [-0.3, -0.25) is 4.79 Å². The lowest BCUT2D eigenvalue weighted by atomic mass is 10.2. The minimum absolute atomic E-state index is 0.0236. The Morgan fingerprint density at radius 2 is 2.38 bits per heavy atom. The van der Waals surface area contributed by atoms with E-state index in [4.69, 9.17) is 10.00 Å². The molecule has 86 valence electrons. The second kappa shape index (κ2) is 6.03. The molecule has 0 saturated heterocycles. The summed E-state index contributed by atoms with van der Waals surface area (Å²) in [6.07, 6.45) is 2.82. The Morgan fingerprint density at radius 1 is 1.62 bits per heavy atom. The Labute approximate surface area is 94.1 Å². The van der Waals surface area contributed by atoms with E-state index in [9.17, 15) is 4.79 Å². The Kier molecular flexibility index (Phi) is 4.67. The minimum atomic E-state index is -0.409. The molecule has 0 aliphatic carbocycles. The van der Waals surface area contributed by atoms with Crippen LogP contribution < -0.4 is 5.56 Å². The number of nitrogens with one attached hydrogen (secondary N) is 1. The van der Waals surface area contributed by atoms with Crippen molar-refractivity contribution in [2.75, 3.05) is 6.61 Å². The van der Waals surface area contributed by atoms with Crippen molar-refractivity contribution >= 4 is 0 Å². The van der Waals surface area contributed by atoms with E-state index >= 15 is 0 Å². The van der Waals surface area contributed by atoms with E-state index in [-0.39, 0.29) is 11.7 Å². The van der Waals surface area contributed by atoms with Gasteiger partial charge in [-0.15, -0.1) is 0 Å². The van der Waals surface area contributed by atoms with Gasteiger partial charge in [-0.05, 0) is 13.3 Å². The molecule has 0 bridgehead atoms. The van der Waals surface area contributed by atoms with Gasteiger partial charge in [-0.2, -0.15) is 5.26 Å². The molecule has 0 aromatic carbocycles. The third-order valence-electron chi connectivity index (χ3n) is 2.16. The first-order valence-electron chi connectivity index (χ1n) is 5.33. The molecule has 0 fully saturated rings. The highest BCUT2D eigenvalue weighted by Crippen LogP contribution is 2.17. The molecule has 1 N–H and O–H groups in total. The van der Waals surface area contributed by atoms with Crippen LogP contribution in [0.2, 0.25) is 0 Å². The number of aromatic nitrogens is 2. The molecule has 0 radical (unpaired) electrons. The van der Waals surface area contributed by atoms with E-state index < -0.39 is 5.56 Å². The van der Waals surface area contributed by atoms with Crippen LogP contribution in [0.25, 0.3) is 0 Å². The van der Waals surface area contributed by atoms with Crippen LogP contribution in [0.4, 0.5) is 0 Å². The Bertz CT molecular complexity index is 428. The van der Waals surface area contributed by atoms with E-state index in [1.54, 1.807) is 6.07 Å². The average Bonchev–Trinajstić information content (AvgIpc) is 2.28. The summed E-state index contributed by atoms with van der Waals surface area (Å²) in [5, 5.41) is 8.61. The zero-order valence-corrected chi connectivity index (χ0v) is 9.49. The lowest BCUT2D eigenvalue weighted by Crippen LogP contribution is -2.18. The van der Waals surface area contributed by atoms with Gasteiger partial charge < -0.3 is 9.72 Å². The van der Waals surface area contributed by atoms with Gasteiger partial charge in [0.15, 0.2) is 0 Å². The van der Waals surface area contributed by atoms with E-state index in [2.05, 4.69) is 9.97 Å². The van der Waals surface area contributed by atoms with Crippen molar-refractivity contribution in [1.29, 1.82) is 5.26 Å². The molecule has 0 aliphatic heterocycles. The Balaban J connectivity index is 2.98. The average molecular weight is 221 g/mol. The maximum Gasteiger partial charge on any atom is 0.268 e. The van der Waals surface area contributed by atoms with Crippen molar-refractivity contribution in [3.05, 3.63) is 27.9 Å². The quantitative estimate of drug-likeness (QED) is 0.817. The number of rotatable bonds is 5. The third kappa shape index (κ3) is 2.91. The highest BCUT2D eigenvalue weighted by molar-refractivity contribution is 5.22. The summed E-state index contributed by atoms with van der Waals surface area (Å²) in [7, 11) is 0. The molecule has 1 heterocycles. The van der Waals surface area contributed by atoms with Gasteiger partial charge in [0.05, 0.1) is 6.20 Å². The van der Waals surface area contributed by atoms with Gasteiger partial charge in [0.2, 0.25) is 0 Å². The first kappa shape index (κ1) is 12.4. The number of aromatic amines is 1. The number of hydrogen-bond donors (Lipinski definition) is 1. The molecule has 5 nitrogen and oxygen atoms in total. The number of hydrogen-bond acceptors (Lipinski definition) is 4. The highest BCUT2D eigenvalue weighted by atomic mass is 16.5. The Hall–Kier alpha value is -1.67. The summed E-state index contributed by atoms with van der Waals surface area (Å²) in [6.45, 7) is 4.49. The van der Waals surface area contributed by atoms with Gasteiger partial charge in [0.1, 0.15) is 23.6 Å². The van der Waals surface area contributed by atoms with E-state index in [1.807, 2.05) is 13.8 Å². The van der Waals surface area contributed by atoms with Crippen LogP contribution in [0.1, 0.15) is 44.2 Å². The maximum atomic E-state index is 11.4. The van der Waals surface area contributed by atoms with Crippen LogP contribution in [0.5, 0.6) is 0 Å². The lowest BCUT2D eigenvalue weighted by Gasteiger charge is -2.14. The fourth-order valence-electron chi connectivity index (χ4n) is 1.41. The number of H-pyrrole nitrogens is 1. The second-order valence-electron chi connectivity index (χ2n) is 3.36. The number of ether oxygens (including phenoxy) is 1. The fraction of sp³-hybridized carbons (Fsp3) is 0.545. The summed E-state index contributed by atoms with van der Waals surface area (Å²) >= 11 is 0. The molecule has 0 aliphatic rings. The third-order valence-corrected chi connectivity index (χ3v) is 2.16. The Morgan fingerprint density at radius 3 is 2.88 bits per heavy atom. The summed E-state index contributed by atoms with van der Waals surface area (Å²) in [5.74, 6) is 0.493. The van der Waals surface area contributed by atoms with Crippen LogP contribution in [0.3, 0.4) is 0 Å². The first-order valence-corrected chi connectivity index (χ1v) is 5.33. The molecule has 1 aromatic heterocycles. The monoisotopic (exact) mass is 221 g/mol. The van der Waals surface area contributed by atoms with E-state index in [1.165, 1.54) is 6.20 Å². The van der Waals surface area contributed by atoms with Crippen molar-refractivity contribution in [3.63, 3.8) is 0 Å². The second-order valence-corrected chi connectivity index (χ2v) is 3.36. The summed E-state index contributed by atoms with van der Waals surface area (Å²) < 4.78 is 5.48. The van der Waals surface area contributed by atoms with Crippen molar-refractivity contribution in [2.24, 2.45) is 0 Å². The summed E-state index contributed by atoms with van der Waals surface area (Å²) in [6, 6.07) is 1.78. The first-order chi connectivity index (χ1) is 7.72. The molecule has 0 saturated carbocycles. The van der Waals surface area contributed by atoms with Crippen molar-refractivity contribution in [2.45, 2.75) is 32.8 Å². The molecule has 5 heteroatoms. The number of nitrogens with zero attached hydrogens (tertiary/aromatic N) is 2. The van der Waals surface area contributed by atoms with Crippen molar-refractivity contribution < 1.29 is 4.74 Å². The van der Waals surface area contributed by atoms with Gasteiger partial charge in [-0.1, -0.05) is 13.3 Å². The highest BCUT2D eigenvalue weighted by Gasteiger charge is 2.13. The van der Waals surface area contributed by atoms with E-state index in [0.717, 1.165) is 12.8 Å². The molecule has 0 amide bonds. The topological polar surface area (TPSA) is 78.8 Å². The molecule has 1 atom stereocenters. The number of nitriles is 1. The van der Waals surface area contributed by atoms with Gasteiger partial charge >= 0.3 is 0 Å². The van der Waals surface area contributed by atoms with Crippen LogP contribution in [-0.4, -0.2) is 16.6 Å². The molecule has 16 heavy (non-hydrogen) atoms. The van der Waals surface area contributed by atoms with Gasteiger partial charge in [0, 0.05) is 6.61 Å². The van der Waals surface area contributed by atoms with Crippen molar-refractivity contribution in [1.82, 2.24) is 9.97 Å². The van der Waals surface area contributed by atoms with Crippen molar-refractivity contribution in [3.8, 4) is 6.07 Å². The lowest BCUT2D eigenvalue weighted by molar-refractivity contribution is 0.0492. The standard InChI is InChI=1S/C11H15N3O2/c1-3-5-9(16-4-2)10-13-7-8(6-12)11(15)14-10/h7,9H,3-5H2,1-2H3,(H,13,14,15). The van der Waals surface area contributed by atoms with Gasteiger partial charge in [0.25, 0.3) is 5.56 Å². The molecular weight excluding hydrogens is 206 g/mol. The SMILES string of the molecule is CCCC(OCC)c1ncc(C#N)c(=O)[nH]1. The van der Waals surface area contributed by atoms with Crippen LogP contribution >= 0.6 is 0 Å². The summed E-state index contributed by atoms with van der Waals surface area (Å²) in [5.41, 5.74) is -0.385. The van der Waals surface area contributed by atoms with Crippen LogP contribution in [-0.2, 0) is 4.74 Å². The predicted molar refractivity (Wildman–Crippen MR) is 58.8 cm³/mol. The maximum absolute atomic E-state index is 11.4. The molecule has 1 aromatic rings. The molecule has 1 rings (SSSR count). The van der Waals surface area contributed by atoms with Crippen LogP contribution in [0, 0.1) is 11.3 Å². The zero-order valence-electron chi connectivity index (χ0n) is 9.49. The zero-order chi connectivity index (χ0) is 12.0. The summed E-state index contributed by atoms with van der Waals surface area (Å²) in [4.78, 5) is 18.0. The molecular formula is C11H15N3O2. The van der Waals surface area contributed by atoms with Gasteiger partial charge in [-0.25, -0.2) is 4.98 Å². The minimum Gasteiger partial charge on any atom is -0.371 e. The van der Waals surface area contributed by atoms with E-state index in [0.29, 0.717) is 12.4 Å². The fourth-order valence-corrected chi connectivity index (χ4v) is 1.41. The van der Waals surface area contributed by atoms with Crippen LogP contribution in [0.15, 0.2) is 11.0 Å².